The number of carbonyl (C=O) groups excluding carboxylic acids is 2. The average molecular weight is 321 g/mol. The van der Waals surface area contributed by atoms with Crippen LogP contribution in [0.5, 0.6) is 0 Å². The van der Waals surface area contributed by atoms with E-state index in [1.807, 2.05) is 13.8 Å². The lowest BCUT2D eigenvalue weighted by Crippen LogP contribution is -2.38. The van der Waals surface area contributed by atoms with Crippen LogP contribution in [0.4, 0.5) is 4.39 Å². The summed E-state index contributed by atoms with van der Waals surface area (Å²) in [7, 11) is 0. The molecule has 0 spiro atoms. The molecule has 2 amide bonds. The summed E-state index contributed by atoms with van der Waals surface area (Å²) in [5.74, 6) is -0.763. The van der Waals surface area contributed by atoms with E-state index in [2.05, 4.69) is 15.8 Å². The molecule has 1 aliphatic heterocycles. The van der Waals surface area contributed by atoms with Crippen molar-refractivity contribution in [3.8, 4) is 0 Å². The number of hydrogen-bond donors (Lipinski definition) is 2. The Labute approximate surface area is 134 Å². The van der Waals surface area contributed by atoms with Gasteiger partial charge in [-0.3, -0.25) is 9.59 Å². The van der Waals surface area contributed by atoms with Crippen molar-refractivity contribution in [2.45, 2.75) is 38.8 Å². The molecule has 1 aromatic carbocycles. The number of hydrogen-bond acceptors (Lipinski definition) is 4. The van der Waals surface area contributed by atoms with E-state index in [1.165, 1.54) is 12.1 Å². The molecule has 2 rings (SSSR count). The number of amides is 2. The third-order valence-corrected chi connectivity index (χ3v) is 3.24. The highest BCUT2D eigenvalue weighted by Crippen LogP contribution is 2.17. The second-order valence-electron chi connectivity index (χ2n) is 5.61. The zero-order valence-electron chi connectivity index (χ0n) is 13.1. The first-order valence-electron chi connectivity index (χ1n) is 7.51. The quantitative estimate of drug-likeness (QED) is 0.830. The predicted molar refractivity (Wildman–Crippen MR) is 83.3 cm³/mol. The van der Waals surface area contributed by atoms with Gasteiger partial charge >= 0.3 is 0 Å². The normalized spacial score (nSPS) is 16.7. The summed E-state index contributed by atoms with van der Waals surface area (Å²) in [6.07, 6.45) is -0.193. The molecule has 1 unspecified atom stereocenters. The molecule has 1 aliphatic rings. The van der Waals surface area contributed by atoms with Crippen molar-refractivity contribution in [1.29, 1.82) is 0 Å². The maximum absolute atomic E-state index is 12.9. The molecule has 124 valence electrons. The summed E-state index contributed by atoms with van der Waals surface area (Å²) in [6, 6.07) is 5.92. The van der Waals surface area contributed by atoms with Gasteiger partial charge < -0.3 is 15.5 Å². The fraction of sp³-hybridized carbons (Fsp3) is 0.438. The zero-order valence-corrected chi connectivity index (χ0v) is 13.1. The van der Waals surface area contributed by atoms with Crippen LogP contribution in [-0.4, -0.2) is 36.2 Å². The van der Waals surface area contributed by atoms with Gasteiger partial charge in [-0.15, -0.1) is 0 Å². The standard InChI is InChI=1S/C16H20FN3O3/c1-10(2)19-15(21)7-8-18-16(22)14-9-13(20-23-14)11-3-5-12(17)6-4-11/h3-6,10,14H,7-9H2,1-2H3,(H,18,22)(H,19,21). The molecule has 7 heteroatoms. The first-order valence-corrected chi connectivity index (χ1v) is 7.51. The Bertz CT molecular complexity index is 599. The molecule has 2 N–H and O–H groups in total. The van der Waals surface area contributed by atoms with Crippen LogP contribution < -0.4 is 10.6 Å². The highest BCUT2D eigenvalue weighted by atomic mass is 19.1. The summed E-state index contributed by atoms with van der Waals surface area (Å²) in [6.45, 7) is 3.98. The highest BCUT2D eigenvalue weighted by Gasteiger charge is 2.28. The van der Waals surface area contributed by atoms with Crippen LogP contribution >= 0.6 is 0 Å². The third-order valence-electron chi connectivity index (χ3n) is 3.24. The van der Waals surface area contributed by atoms with Gasteiger partial charge in [0.1, 0.15) is 5.82 Å². The number of rotatable bonds is 6. The van der Waals surface area contributed by atoms with E-state index in [4.69, 9.17) is 4.84 Å². The van der Waals surface area contributed by atoms with Crippen molar-refractivity contribution in [2.75, 3.05) is 6.54 Å². The van der Waals surface area contributed by atoms with Crippen LogP contribution in [-0.2, 0) is 14.4 Å². The fourth-order valence-electron chi connectivity index (χ4n) is 2.14. The highest BCUT2D eigenvalue weighted by molar-refractivity contribution is 6.04. The minimum absolute atomic E-state index is 0.0723. The topological polar surface area (TPSA) is 79.8 Å². The molecule has 1 atom stereocenters. The van der Waals surface area contributed by atoms with Crippen LogP contribution in [0.3, 0.4) is 0 Å². The number of benzene rings is 1. The molecule has 6 nitrogen and oxygen atoms in total. The minimum Gasteiger partial charge on any atom is -0.382 e. The van der Waals surface area contributed by atoms with E-state index >= 15 is 0 Å². The largest absolute Gasteiger partial charge is 0.382 e. The lowest BCUT2D eigenvalue weighted by atomic mass is 10.0. The Hall–Kier alpha value is -2.44. The van der Waals surface area contributed by atoms with E-state index in [0.717, 1.165) is 5.56 Å². The molecule has 1 aromatic rings. The van der Waals surface area contributed by atoms with Crippen molar-refractivity contribution in [3.05, 3.63) is 35.6 Å². The molecule has 0 saturated carbocycles. The Morgan fingerprint density at radius 3 is 2.70 bits per heavy atom. The number of nitrogens with zero attached hydrogens (tertiary/aromatic N) is 1. The summed E-state index contributed by atoms with van der Waals surface area (Å²) in [5, 5.41) is 9.27. The molecule has 0 saturated heterocycles. The molecular weight excluding hydrogens is 301 g/mol. The number of oxime groups is 1. The van der Waals surface area contributed by atoms with Crippen LogP contribution in [0.1, 0.15) is 32.3 Å². The van der Waals surface area contributed by atoms with Gasteiger partial charge in [0.05, 0.1) is 5.71 Å². The van der Waals surface area contributed by atoms with Gasteiger partial charge in [0, 0.05) is 25.4 Å². The Morgan fingerprint density at radius 1 is 1.35 bits per heavy atom. The predicted octanol–water partition coefficient (Wildman–Crippen LogP) is 1.35. The van der Waals surface area contributed by atoms with E-state index < -0.39 is 6.10 Å². The van der Waals surface area contributed by atoms with E-state index in [-0.39, 0.29) is 36.6 Å². The van der Waals surface area contributed by atoms with Crippen molar-refractivity contribution in [3.63, 3.8) is 0 Å². The van der Waals surface area contributed by atoms with E-state index in [1.54, 1.807) is 12.1 Å². The monoisotopic (exact) mass is 321 g/mol. The van der Waals surface area contributed by atoms with Crippen molar-refractivity contribution in [1.82, 2.24) is 10.6 Å². The number of halogens is 1. The molecular formula is C16H20FN3O3. The van der Waals surface area contributed by atoms with Gasteiger partial charge in [-0.05, 0) is 31.5 Å². The van der Waals surface area contributed by atoms with Crippen LogP contribution in [0.15, 0.2) is 29.4 Å². The first-order chi connectivity index (χ1) is 11.0. The molecule has 0 aliphatic carbocycles. The SMILES string of the molecule is CC(C)NC(=O)CCNC(=O)C1CC(c2ccc(F)cc2)=NO1. The summed E-state index contributed by atoms with van der Waals surface area (Å²) >= 11 is 0. The minimum atomic E-state index is -0.719. The lowest BCUT2D eigenvalue weighted by molar-refractivity contribution is -0.131. The summed E-state index contributed by atoms with van der Waals surface area (Å²) < 4.78 is 12.9. The average Bonchev–Trinajstić information content (AvgIpc) is 2.97. The van der Waals surface area contributed by atoms with Gasteiger partial charge in [-0.1, -0.05) is 17.3 Å². The maximum atomic E-state index is 12.9. The van der Waals surface area contributed by atoms with Crippen molar-refractivity contribution >= 4 is 17.5 Å². The Kier molecular flexibility index (Phi) is 5.67. The molecule has 0 bridgehead atoms. The second-order valence-corrected chi connectivity index (χ2v) is 5.61. The Balaban J connectivity index is 1.76. The van der Waals surface area contributed by atoms with Gasteiger partial charge in [0.15, 0.2) is 0 Å². The summed E-state index contributed by atoms with van der Waals surface area (Å²) in [4.78, 5) is 28.6. The van der Waals surface area contributed by atoms with E-state index in [9.17, 15) is 14.0 Å². The third kappa shape index (κ3) is 5.05. The van der Waals surface area contributed by atoms with Crippen molar-refractivity contribution in [2.24, 2.45) is 5.16 Å². The Morgan fingerprint density at radius 2 is 2.04 bits per heavy atom. The van der Waals surface area contributed by atoms with Crippen LogP contribution in [0, 0.1) is 5.82 Å². The van der Waals surface area contributed by atoms with E-state index in [0.29, 0.717) is 12.1 Å². The van der Waals surface area contributed by atoms with Gasteiger partial charge in [-0.25, -0.2) is 4.39 Å². The van der Waals surface area contributed by atoms with Crippen LogP contribution in [0.25, 0.3) is 0 Å². The zero-order chi connectivity index (χ0) is 16.8. The number of nitrogens with one attached hydrogen (secondary N) is 2. The first kappa shape index (κ1) is 16.9. The molecule has 0 radical (unpaired) electrons. The molecule has 0 aromatic heterocycles. The molecule has 23 heavy (non-hydrogen) atoms. The number of carbonyl (C=O) groups is 2. The lowest BCUT2D eigenvalue weighted by Gasteiger charge is -2.11. The molecule has 0 fully saturated rings. The van der Waals surface area contributed by atoms with Gasteiger partial charge in [-0.2, -0.15) is 0 Å². The smallest absolute Gasteiger partial charge is 0.264 e. The fourth-order valence-corrected chi connectivity index (χ4v) is 2.14. The van der Waals surface area contributed by atoms with Gasteiger partial charge in [0.25, 0.3) is 5.91 Å². The van der Waals surface area contributed by atoms with Gasteiger partial charge in [0.2, 0.25) is 12.0 Å². The second kappa shape index (κ2) is 7.71. The van der Waals surface area contributed by atoms with Crippen LogP contribution in [0.2, 0.25) is 0 Å². The molecule has 1 heterocycles. The maximum Gasteiger partial charge on any atom is 0.264 e. The summed E-state index contributed by atoms with van der Waals surface area (Å²) in [5.41, 5.74) is 1.32. The van der Waals surface area contributed by atoms with Crippen molar-refractivity contribution < 1.29 is 18.8 Å².